The minimum absolute atomic E-state index is 0.0127. The number of carbonyl (C=O) groups excluding carboxylic acids is 2. The van der Waals surface area contributed by atoms with Gasteiger partial charge in [0.15, 0.2) is 5.78 Å². The van der Waals surface area contributed by atoms with E-state index in [0.29, 0.717) is 17.9 Å². The van der Waals surface area contributed by atoms with Crippen LogP contribution in [0.5, 0.6) is 0 Å². The number of carbonyl (C=O) groups is 2. The van der Waals surface area contributed by atoms with E-state index >= 15 is 0 Å². The molecule has 0 saturated carbocycles. The number of nitrogens with one attached hydrogen (secondary N) is 1. The molecule has 31 heavy (non-hydrogen) atoms. The monoisotopic (exact) mass is 454 g/mol. The lowest BCUT2D eigenvalue weighted by Crippen LogP contribution is -2.43. The van der Waals surface area contributed by atoms with Crippen LogP contribution in [-0.2, 0) is 11.0 Å². The molecule has 1 saturated heterocycles. The number of halogens is 4. The Balaban J connectivity index is 1.73. The second-order valence-corrected chi connectivity index (χ2v) is 8.12. The summed E-state index contributed by atoms with van der Waals surface area (Å²) in [5.74, 6) is 0.199. The number of hydrogen-bond donors (Lipinski definition) is 1. The third-order valence-corrected chi connectivity index (χ3v) is 5.54. The summed E-state index contributed by atoms with van der Waals surface area (Å²) in [5.41, 5.74) is -0.458. The first-order valence-corrected chi connectivity index (χ1v) is 10.2. The highest BCUT2D eigenvalue weighted by atomic mass is 35.5. The zero-order valence-corrected chi connectivity index (χ0v) is 17.8. The molecular formula is C21H22ClF3N4O2. The van der Waals surface area contributed by atoms with Gasteiger partial charge in [-0.05, 0) is 43.9 Å². The van der Waals surface area contributed by atoms with Crippen LogP contribution in [0.4, 0.5) is 24.8 Å². The molecule has 2 unspecified atom stereocenters. The molecule has 166 valence electrons. The molecule has 0 aromatic carbocycles. The molecule has 3 rings (SSSR count). The number of alkyl halides is 3. The van der Waals surface area contributed by atoms with Crippen LogP contribution in [0.2, 0.25) is 5.02 Å². The number of nitrogens with zero attached hydrogens (tertiary/aromatic N) is 3. The normalized spacial score (nSPS) is 19.2. The molecular weight excluding hydrogens is 433 g/mol. The van der Waals surface area contributed by atoms with E-state index in [4.69, 9.17) is 11.6 Å². The fourth-order valence-corrected chi connectivity index (χ4v) is 3.95. The van der Waals surface area contributed by atoms with Crippen LogP contribution in [-0.4, -0.2) is 34.2 Å². The van der Waals surface area contributed by atoms with Gasteiger partial charge in [-0.3, -0.25) is 9.59 Å². The first kappa shape index (κ1) is 23.0. The van der Waals surface area contributed by atoms with Crippen molar-refractivity contribution in [3.05, 3.63) is 46.7 Å². The minimum atomic E-state index is -4.52. The Bertz CT molecular complexity index is 983. The Labute approximate surface area is 182 Å². The van der Waals surface area contributed by atoms with Gasteiger partial charge >= 0.3 is 6.18 Å². The molecule has 0 spiro atoms. The summed E-state index contributed by atoms with van der Waals surface area (Å²) in [6.07, 6.45) is -0.470. The van der Waals surface area contributed by atoms with Crippen LogP contribution in [0.25, 0.3) is 0 Å². The lowest BCUT2D eigenvalue weighted by atomic mass is 9.88. The average molecular weight is 455 g/mol. The average Bonchev–Trinajstić information content (AvgIpc) is 2.68. The SMILES string of the molecule is CC(=O)Nc1cc(C(=O)CC2CCC(C)N(c3ncc(C(F)(F)F)cc3Cl)C2)ccn1. The van der Waals surface area contributed by atoms with E-state index in [1.807, 2.05) is 11.8 Å². The largest absolute Gasteiger partial charge is 0.417 e. The van der Waals surface area contributed by atoms with Gasteiger partial charge in [0, 0.05) is 43.9 Å². The molecule has 3 heterocycles. The summed E-state index contributed by atoms with van der Waals surface area (Å²) >= 11 is 6.13. The van der Waals surface area contributed by atoms with Gasteiger partial charge in [-0.2, -0.15) is 13.2 Å². The van der Waals surface area contributed by atoms with Crippen molar-refractivity contribution in [2.45, 2.75) is 45.3 Å². The smallest absolute Gasteiger partial charge is 0.352 e. The molecule has 10 heteroatoms. The topological polar surface area (TPSA) is 75.2 Å². The maximum Gasteiger partial charge on any atom is 0.417 e. The van der Waals surface area contributed by atoms with Gasteiger partial charge in [0.25, 0.3) is 0 Å². The van der Waals surface area contributed by atoms with Crippen LogP contribution < -0.4 is 10.2 Å². The number of pyridine rings is 2. The molecule has 6 nitrogen and oxygen atoms in total. The highest BCUT2D eigenvalue weighted by molar-refractivity contribution is 6.33. The zero-order chi connectivity index (χ0) is 22.8. The molecule has 2 aromatic rings. The number of rotatable bonds is 5. The third kappa shape index (κ3) is 5.72. The summed E-state index contributed by atoms with van der Waals surface area (Å²) in [7, 11) is 0. The molecule has 1 aliphatic heterocycles. The van der Waals surface area contributed by atoms with Crippen LogP contribution >= 0.6 is 11.6 Å². The maximum atomic E-state index is 12.9. The molecule has 1 amide bonds. The Hall–Kier alpha value is -2.68. The summed E-state index contributed by atoms with van der Waals surface area (Å²) in [4.78, 5) is 33.8. The number of anilines is 2. The summed E-state index contributed by atoms with van der Waals surface area (Å²) < 4.78 is 38.7. The van der Waals surface area contributed by atoms with E-state index in [1.54, 1.807) is 6.07 Å². The van der Waals surface area contributed by atoms with Gasteiger partial charge in [-0.15, -0.1) is 0 Å². The van der Waals surface area contributed by atoms with E-state index < -0.39 is 11.7 Å². The molecule has 0 aliphatic carbocycles. The summed E-state index contributed by atoms with van der Waals surface area (Å²) in [6.45, 7) is 3.76. The number of amides is 1. The van der Waals surface area contributed by atoms with Crippen molar-refractivity contribution >= 4 is 34.9 Å². The fourth-order valence-electron chi connectivity index (χ4n) is 3.67. The highest BCUT2D eigenvalue weighted by Gasteiger charge is 2.34. The van der Waals surface area contributed by atoms with Crippen molar-refractivity contribution in [2.24, 2.45) is 5.92 Å². The fraction of sp³-hybridized carbons (Fsp3) is 0.429. The zero-order valence-electron chi connectivity index (χ0n) is 17.0. The summed E-state index contributed by atoms with van der Waals surface area (Å²) in [5, 5.41) is 2.48. The lowest BCUT2D eigenvalue weighted by molar-refractivity contribution is -0.137. The number of aromatic nitrogens is 2. The molecule has 1 aliphatic rings. The predicted octanol–water partition coefficient (Wildman–Crippen LogP) is 4.99. The van der Waals surface area contributed by atoms with Crippen LogP contribution in [0.15, 0.2) is 30.6 Å². The Morgan fingerprint density at radius 3 is 2.65 bits per heavy atom. The van der Waals surface area contributed by atoms with Crippen LogP contribution in [0, 0.1) is 5.92 Å². The predicted molar refractivity (Wildman–Crippen MR) is 111 cm³/mol. The number of hydrogen-bond acceptors (Lipinski definition) is 5. The van der Waals surface area contributed by atoms with Crippen molar-refractivity contribution in [3.63, 3.8) is 0 Å². The van der Waals surface area contributed by atoms with Gasteiger partial charge in [-0.1, -0.05) is 11.6 Å². The first-order chi connectivity index (χ1) is 14.5. The standard InChI is InChI=1S/C21H22ClF3N4O2/c1-12-3-4-14(7-18(31)15-5-6-26-19(8-15)28-13(2)30)11-29(12)20-17(22)9-16(10-27-20)21(23,24)25/h5-6,8-10,12,14H,3-4,7,11H2,1-2H3,(H,26,28,30). The van der Waals surface area contributed by atoms with E-state index in [-0.39, 0.29) is 40.9 Å². The quantitative estimate of drug-likeness (QED) is 0.644. The van der Waals surface area contributed by atoms with E-state index in [2.05, 4.69) is 15.3 Å². The number of ketones is 1. The molecule has 0 radical (unpaired) electrons. The Kier molecular flexibility index (Phi) is 6.83. The van der Waals surface area contributed by atoms with Gasteiger partial charge in [-0.25, -0.2) is 9.97 Å². The van der Waals surface area contributed by atoms with Crippen molar-refractivity contribution in [2.75, 3.05) is 16.8 Å². The van der Waals surface area contributed by atoms with Gasteiger partial charge in [0.05, 0.1) is 10.6 Å². The highest BCUT2D eigenvalue weighted by Crippen LogP contribution is 2.36. The molecule has 1 N–H and O–H groups in total. The van der Waals surface area contributed by atoms with Crippen molar-refractivity contribution < 1.29 is 22.8 Å². The van der Waals surface area contributed by atoms with Gasteiger partial charge < -0.3 is 10.2 Å². The number of piperidine rings is 1. The third-order valence-electron chi connectivity index (χ3n) is 5.26. The van der Waals surface area contributed by atoms with Crippen molar-refractivity contribution in [3.8, 4) is 0 Å². The van der Waals surface area contributed by atoms with Crippen LogP contribution in [0.1, 0.15) is 49.0 Å². The maximum absolute atomic E-state index is 12.9. The summed E-state index contributed by atoms with van der Waals surface area (Å²) in [6, 6.07) is 4.03. The molecule has 1 fully saturated rings. The molecule has 2 atom stereocenters. The van der Waals surface area contributed by atoms with E-state index in [9.17, 15) is 22.8 Å². The lowest BCUT2D eigenvalue weighted by Gasteiger charge is -2.39. The van der Waals surface area contributed by atoms with Gasteiger partial charge in [0.2, 0.25) is 5.91 Å². The van der Waals surface area contributed by atoms with Gasteiger partial charge in [0.1, 0.15) is 11.6 Å². The minimum Gasteiger partial charge on any atom is -0.352 e. The van der Waals surface area contributed by atoms with E-state index in [0.717, 1.165) is 25.1 Å². The Morgan fingerprint density at radius 2 is 2.00 bits per heavy atom. The second kappa shape index (κ2) is 9.21. The Morgan fingerprint density at radius 1 is 1.26 bits per heavy atom. The first-order valence-electron chi connectivity index (χ1n) is 9.81. The molecule has 0 bridgehead atoms. The second-order valence-electron chi connectivity index (χ2n) is 7.71. The van der Waals surface area contributed by atoms with E-state index in [1.165, 1.54) is 19.2 Å². The van der Waals surface area contributed by atoms with Crippen molar-refractivity contribution in [1.82, 2.24) is 9.97 Å². The van der Waals surface area contributed by atoms with Crippen molar-refractivity contribution in [1.29, 1.82) is 0 Å². The number of Topliss-reactive ketones (excluding diaryl/α,β-unsaturated/α-hetero) is 1. The van der Waals surface area contributed by atoms with Crippen LogP contribution in [0.3, 0.4) is 0 Å². The molecule has 2 aromatic heterocycles.